The number of hydrogen-bond acceptors (Lipinski definition) is 12. The van der Waals surface area contributed by atoms with Crippen LogP contribution in [-0.2, 0) is 38.2 Å². The maximum absolute atomic E-state index is 13.5. The average molecular weight is 627 g/mol. The molecule has 0 saturated heterocycles. The van der Waals surface area contributed by atoms with Crippen molar-refractivity contribution in [3.63, 3.8) is 0 Å². The highest BCUT2D eigenvalue weighted by Gasteiger charge is 2.40. The Morgan fingerprint density at radius 2 is 1.53 bits per heavy atom. The quantitative estimate of drug-likeness (QED) is 0.111. The zero-order valence-electron chi connectivity index (χ0n) is 26.0. The van der Waals surface area contributed by atoms with Gasteiger partial charge in [-0.25, -0.2) is 4.98 Å². The lowest BCUT2D eigenvalue weighted by molar-refractivity contribution is -0.160. The van der Waals surface area contributed by atoms with Crippen LogP contribution in [0.5, 0.6) is 11.5 Å². The average Bonchev–Trinajstić information content (AvgIpc) is 3.03. The number of esters is 2. The number of rotatable bonds is 18. The van der Waals surface area contributed by atoms with Crippen molar-refractivity contribution in [2.75, 3.05) is 13.9 Å². The fraction of sp³-hybridized carbons (Fsp3) is 0.438. The number of methoxy groups -OCH3 is 1. The molecular weight excluding hydrogens is 588 g/mol. The van der Waals surface area contributed by atoms with Gasteiger partial charge >= 0.3 is 11.9 Å². The fourth-order valence-corrected chi connectivity index (χ4v) is 4.08. The minimum Gasteiger partial charge on any atom is -0.493 e. The molecule has 0 bridgehead atoms. The first-order valence-corrected chi connectivity index (χ1v) is 14.2. The molecule has 13 heteroatoms. The van der Waals surface area contributed by atoms with E-state index in [-0.39, 0.29) is 17.2 Å². The number of aldehydes is 2. The molecule has 0 spiro atoms. The highest BCUT2D eigenvalue weighted by molar-refractivity contribution is 6.40. The van der Waals surface area contributed by atoms with Crippen molar-refractivity contribution >= 4 is 42.0 Å². The number of Topliss-reactive ketones (excluding diaryl/α,β-unsaturated/α-hetero) is 2. The van der Waals surface area contributed by atoms with E-state index in [0.717, 1.165) is 0 Å². The van der Waals surface area contributed by atoms with Gasteiger partial charge in [0.05, 0.1) is 30.8 Å². The lowest BCUT2D eigenvalue weighted by Crippen LogP contribution is -2.48. The molecule has 1 aromatic carbocycles. The van der Waals surface area contributed by atoms with E-state index in [1.54, 1.807) is 58.0 Å². The van der Waals surface area contributed by atoms with Gasteiger partial charge in [-0.15, -0.1) is 0 Å². The Kier molecular flexibility index (Phi) is 14.0. The molecule has 2 rings (SSSR count). The topological polar surface area (TPSA) is 181 Å². The number of aromatic nitrogens is 1. The van der Waals surface area contributed by atoms with E-state index < -0.39 is 78.4 Å². The Hall–Kier alpha value is -4.94. The van der Waals surface area contributed by atoms with Crippen molar-refractivity contribution < 1.29 is 52.5 Å². The predicted molar refractivity (Wildman–Crippen MR) is 158 cm³/mol. The lowest BCUT2D eigenvalue weighted by atomic mass is 9.83. The van der Waals surface area contributed by atoms with Crippen LogP contribution in [0.3, 0.4) is 0 Å². The van der Waals surface area contributed by atoms with E-state index in [2.05, 4.69) is 10.3 Å². The number of benzene rings is 1. The number of carbonyl (C=O) groups is 7. The van der Waals surface area contributed by atoms with Crippen LogP contribution in [0.1, 0.15) is 63.0 Å². The molecule has 0 unspecified atom stereocenters. The van der Waals surface area contributed by atoms with Crippen molar-refractivity contribution in [2.45, 2.75) is 59.1 Å². The van der Waals surface area contributed by atoms with Crippen molar-refractivity contribution in [2.24, 2.45) is 17.8 Å². The predicted octanol–water partition coefficient (Wildman–Crippen LogP) is 2.64. The summed E-state index contributed by atoms with van der Waals surface area (Å²) in [6, 6.07) is 8.03. The Balaban J connectivity index is 2.36. The molecule has 0 aliphatic rings. The van der Waals surface area contributed by atoms with E-state index >= 15 is 0 Å². The summed E-state index contributed by atoms with van der Waals surface area (Å²) in [5, 5.41) is 2.33. The van der Waals surface area contributed by atoms with Gasteiger partial charge in [-0.05, 0) is 5.56 Å². The van der Waals surface area contributed by atoms with Crippen molar-refractivity contribution in [3.05, 3.63) is 53.9 Å². The van der Waals surface area contributed by atoms with Crippen LogP contribution >= 0.6 is 0 Å². The summed E-state index contributed by atoms with van der Waals surface area (Å²) in [4.78, 5) is 92.4. The van der Waals surface area contributed by atoms with Gasteiger partial charge in [-0.1, -0.05) is 65.0 Å². The van der Waals surface area contributed by atoms with E-state index in [0.29, 0.717) is 18.1 Å². The van der Waals surface area contributed by atoms with Crippen molar-refractivity contribution in [1.82, 2.24) is 10.3 Å². The molecule has 1 N–H and O–H groups in total. The zero-order valence-corrected chi connectivity index (χ0v) is 26.0. The van der Waals surface area contributed by atoms with Crippen LogP contribution < -0.4 is 14.8 Å². The molecular formula is C32H38N2O11. The first-order valence-electron chi connectivity index (χ1n) is 14.2. The van der Waals surface area contributed by atoms with Crippen LogP contribution in [0.15, 0.2) is 42.6 Å². The minimum absolute atomic E-state index is 0.0503. The van der Waals surface area contributed by atoms with Crippen LogP contribution in [0.2, 0.25) is 0 Å². The molecule has 4 atom stereocenters. The highest BCUT2D eigenvalue weighted by atomic mass is 16.7. The van der Waals surface area contributed by atoms with Gasteiger partial charge in [0.25, 0.3) is 5.91 Å². The zero-order chi connectivity index (χ0) is 33.7. The number of nitrogens with zero attached hydrogens (tertiary/aromatic N) is 1. The number of ether oxygens (including phenoxy) is 4. The summed E-state index contributed by atoms with van der Waals surface area (Å²) in [6.07, 6.45) is 0.151. The molecule has 242 valence electrons. The summed E-state index contributed by atoms with van der Waals surface area (Å²) in [6.45, 7) is 7.13. The Bertz CT molecular complexity index is 1370. The summed E-state index contributed by atoms with van der Waals surface area (Å²) >= 11 is 0. The largest absolute Gasteiger partial charge is 0.493 e. The summed E-state index contributed by atoms with van der Waals surface area (Å²) in [7, 11) is 1.30. The third kappa shape index (κ3) is 9.78. The number of nitrogens with one attached hydrogen (secondary N) is 1. The molecule has 1 heterocycles. The molecule has 0 aliphatic heterocycles. The lowest BCUT2D eigenvalue weighted by Gasteiger charge is -2.29. The fourth-order valence-electron chi connectivity index (χ4n) is 4.08. The normalized spacial score (nSPS) is 13.5. The van der Waals surface area contributed by atoms with Crippen molar-refractivity contribution in [1.29, 1.82) is 0 Å². The standard InChI is InChI=1S/C32H38N2O11/c1-18(2)31(40)44-17-43-29-24(42-6)12-14-33-25(29)30(39)34-23(13-15-35)27(38)26(37)20(5)28(45-32(41)19(3)4)22(16-36)21-10-8-7-9-11-21/h7-12,14-16,18-20,22-23,28H,13,17H2,1-6H3,(H,34,39)/t20-,22-,23+,28+/m1/s1. The molecule has 1 amide bonds. The van der Waals surface area contributed by atoms with Crippen LogP contribution in [0.25, 0.3) is 0 Å². The Labute approximate surface area is 261 Å². The Morgan fingerprint density at radius 3 is 2.09 bits per heavy atom. The number of carbonyl (C=O) groups excluding carboxylic acids is 7. The van der Waals surface area contributed by atoms with E-state index in [9.17, 15) is 33.6 Å². The summed E-state index contributed by atoms with van der Waals surface area (Å²) < 4.78 is 21.3. The minimum atomic E-state index is -1.64. The molecule has 0 aliphatic carbocycles. The number of amides is 1. The van der Waals surface area contributed by atoms with Crippen LogP contribution in [0, 0.1) is 17.8 Å². The maximum atomic E-state index is 13.5. The van der Waals surface area contributed by atoms with E-state index in [1.165, 1.54) is 26.3 Å². The smallest absolute Gasteiger partial charge is 0.311 e. The SMILES string of the molecule is COc1ccnc(C(=O)N[C@@H](CC=O)C(=O)C(=O)[C@@H](C)[C@H](OC(=O)C(C)C)[C@H](C=O)c2ccccc2)c1OCOC(=O)C(C)C. The second-order valence-corrected chi connectivity index (χ2v) is 10.6. The van der Waals surface area contributed by atoms with Gasteiger partial charge in [0, 0.05) is 18.7 Å². The van der Waals surface area contributed by atoms with Gasteiger partial charge in [0.1, 0.15) is 24.7 Å². The maximum Gasteiger partial charge on any atom is 0.311 e. The van der Waals surface area contributed by atoms with Gasteiger partial charge in [0.2, 0.25) is 18.4 Å². The molecule has 2 aromatic rings. The van der Waals surface area contributed by atoms with E-state index in [1.807, 2.05) is 0 Å². The summed E-state index contributed by atoms with van der Waals surface area (Å²) in [5.74, 6) is -8.14. The summed E-state index contributed by atoms with van der Waals surface area (Å²) in [5.41, 5.74) is 0.0718. The molecule has 13 nitrogen and oxygen atoms in total. The molecule has 45 heavy (non-hydrogen) atoms. The van der Waals surface area contributed by atoms with Gasteiger partial charge in [0.15, 0.2) is 17.2 Å². The Morgan fingerprint density at radius 1 is 0.889 bits per heavy atom. The van der Waals surface area contributed by atoms with Gasteiger partial charge in [-0.2, -0.15) is 0 Å². The van der Waals surface area contributed by atoms with Gasteiger partial charge in [-0.3, -0.25) is 24.0 Å². The van der Waals surface area contributed by atoms with Crippen LogP contribution in [0.4, 0.5) is 0 Å². The highest BCUT2D eigenvalue weighted by Crippen LogP contribution is 2.30. The second-order valence-electron chi connectivity index (χ2n) is 10.6. The van der Waals surface area contributed by atoms with Crippen LogP contribution in [-0.4, -0.2) is 73.0 Å². The van der Waals surface area contributed by atoms with Crippen molar-refractivity contribution in [3.8, 4) is 11.5 Å². The first kappa shape index (κ1) is 36.3. The third-order valence-electron chi connectivity index (χ3n) is 6.69. The van der Waals surface area contributed by atoms with Gasteiger partial charge < -0.3 is 33.9 Å². The number of pyridine rings is 1. The van der Waals surface area contributed by atoms with E-state index in [4.69, 9.17) is 18.9 Å². The molecule has 0 fully saturated rings. The molecule has 1 aromatic heterocycles. The second kappa shape index (κ2) is 17.4. The molecule has 0 radical (unpaired) electrons. The monoisotopic (exact) mass is 626 g/mol. The number of ketones is 2. The molecule has 0 saturated carbocycles. The third-order valence-corrected chi connectivity index (χ3v) is 6.69. The first-order chi connectivity index (χ1) is 21.4. The number of hydrogen-bond donors (Lipinski definition) is 1.